The molecule has 0 aliphatic carbocycles. The van der Waals surface area contributed by atoms with E-state index in [4.69, 9.17) is 11.6 Å². The maximum Gasteiger partial charge on any atom is 0.147 e. The molecule has 2 aromatic rings. The summed E-state index contributed by atoms with van der Waals surface area (Å²) in [5, 5.41) is 9.65. The zero-order valence-electron chi connectivity index (χ0n) is 13.7. The lowest BCUT2D eigenvalue weighted by Crippen LogP contribution is -2.33. The Bertz CT molecular complexity index is 674. The van der Waals surface area contributed by atoms with E-state index < -0.39 is 0 Å². The van der Waals surface area contributed by atoms with Crippen molar-refractivity contribution in [1.82, 2.24) is 29.4 Å². The smallest absolute Gasteiger partial charge is 0.147 e. The van der Waals surface area contributed by atoms with Gasteiger partial charge in [0, 0.05) is 25.2 Å². The van der Waals surface area contributed by atoms with Gasteiger partial charge in [0.25, 0.3) is 0 Å². The van der Waals surface area contributed by atoms with Crippen molar-refractivity contribution in [2.45, 2.75) is 52.7 Å². The van der Waals surface area contributed by atoms with Crippen molar-refractivity contribution in [3.63, 3.8) is 0 Å². The highest BCUT2D eigenvalue weighted by Crippen LogP contribution is 2.26. The largest absolute Gasteiger partial charge is 0.294 e. The van der Waals surface area contributed by atoms with Crippen molar-refractivity contribution in [2.75, 3.05) is 6.54 Å². The van der Waals surface area contributed by atoms with Crippen LogP contribution in [0.5, 0.6) is 0 Å². The first-order valence-corrected chi connectivity index (χ1v) is 8.13. The van der Waals surface area contributed by atoms with E-state index in [0.29, 0.717) is 6.04 Å². The molecule has 0 radical (unpaired) electrons. The van der Waals surface area contributed by atoms with Gasteiger partial charge >= 0.3 is 0 Å². The van der Waals surface area contributed by atoms with Gasteiger partial charge in [0.05, 0.1) is 12.2 Å². The van der Waals surface area contributed by atoms with Crippen LogP contribution in [0.25, 0.3) is 0 Å². The van der Waals surface area contributed by atoms with Crippen LogP contribution < -0.4 is 0 Å². The third kappa shape index (κ3) is 2.90. The average molecular weight is 323 g/mol. The lowest BCUT2D eigenvalue weighted by Gasteiger charge is -2.24. The maximum absolute atomic E-state index is 6.38. The summed E-state index contributed by atoms with van der Waals surface area (Å²) in [5.41, 5.74) is 2.16. The van der Waals surface area contributed by atoms with Crippen molar-refractivity contribution in [2.24, 2.45) is 7.05 Å². The highest BCUT2D eigenvalue weighted by Gasteiger charge is 2.27. The van der Waals surface area contributed by atoms with Gasteiger partial charge in [0.1, 0.15) is 16.8 Å². The lowest BCUT2D eigenvalue weighted by atomic mass is 10.2. The molecule has 3 rings (SSSR count). The van der Waals surface area contributed by atoms with Crippen LogP contribution in [0.3, 0.4) is 0 Å². The first kappa shape index (κ1) is 15.5. The average Bonchev–Trinajstić information content (AvgIpc) is 3.08. The minimum atomic E-state index is 0.482. The second-order valence-electron chi connectivity index (χ2n) is 6.13. The number of aryl methyl sites for hydroxylation is 4. The zero-order valence-corrected chi connectivity index (χ0v) is 14.4. The van der Waals surface area contributed by atoms with E-state index in [1.165, 1.54) is 12.8 Å². The molecular formula is C15H23ClN6. The lowest BCUT2D eigenvalue weighted by molar-refractivity contribution is 0.217. The Morgan fingerprint density at radius 3 is 2.59 bits per heavy atom. The van der Waals surface area contributed by atoms with Gasteiger partial charge in [-0.05, 0) is 40.2 Å². The summed E-state index contributed by atoms with van der Waals surface area (Å²) >= 11 is 6.38. The molecular weight excluding hydrogens is 300 g/mol. The van der Waals surface area contributed by atoms with Crippen LogP contribution in [0.1, 0.15) is 35.7 Å². The topological polar surface area (TPSA) is 51.8 Å². The van der Waals surface area contributed by atoms with Crippen molar-refractivity contribution in [3.8, 4) is 0 Å². The molecule has 0 unspecified atom stereocenters. The summed E-state index contributed by atoms with van der Waals surface area (Å²) in [6.45, 7) is 8.83. The zero-order chi connectivity index (χ0) is 15.9. The summed E-state index contributed by atoms with van der Waals surface area (Å²) in [6.07, 6.45) is 2.41. The second kappa shape index (κ2) is 6.01. The summed E-state index contributed by atoms with van der Waals surface area (Å²) in [7, 11) is 1.89. The SMILES string of the molecule is Cc1nc(C)n(C[C@H]2CCCN2Cc2c(C)nn(C)c2Cl)n1. The summed E-state index contributed by atoms with van der Waals surface area (Å²) < 4.78 is 3.78. The Hall–Kier alpha value is -1.40. The molecule has 1 aliphatic heterocycles. The normalized spacial score (nSPS) is 19.2. The molecule has 6 nitrogen and oxygen atoms in total. The van der Waals surface area contributed by atoms with E-state index in [-0.39, 0.29) is 0 Å². The molecule has 1 fully saturated rings. The number of likely N-dealkylation sites (tertiary alicyclic amines) is 1. The van der Waals surface area contributed by atoms with Gasteiger partial charge in [0.15, 0.2) is 0 Å². The molecule has 2 aromatic heterocycles. The van der Waals surface area contributed by atoms with Crippen LogP contribution in [0.2, 0.25) is 5.15 Å². The molecule has 7 heteroatoms. The van der Waals surface area contributed by atoms with E-state index in [1.54, 1.807) is 4.68 Å². The van der Waals surface area contributed by atoms with Crippen molar-refractivity contribution >= 4 is 11.6 Å². The molecule has 120 valence electrons. The van der Waals surface area contributed by atoms with Crippen LogP contribution in [-0.4, -0.2) is 42.0 Å². The summed E-state index contributed by atoms with van der Waals surface area (Å²) in [5.74, 6) is 1.83. The molecule has 1 aliphatic rings. The fraction of sp³-hybridized carbons (Fsp3) is 0.667. The van der Waals surface area contributed by atoms with Crippen LogP contribution >= 0.6 is 11.6 Å². The fourth-order valence-corrected chi connectivity index (χ4v) is 3.53. The molecule has 0 spiro atoms. The van der Waals surface area contributed by atoms with Gasteiger partial charge in [0.2, 0.25) is 0 Å². The number of aromatic nitrogens is 5. The number of rotatable bonds is 4. The summed E-state index contributed by atoms with van der Waals surface area (Å²) in [6, 6.07) is 0.482. The highest BCUT2D eigenvalue weighted by atomic mass is 35.5. The Balaban J connectivity index is 1.74. The van der Waals surface area contributed by atoms with Gasteiger partial charge in [-0.1, -0.05) is 11.6 Å². The van der Waals surface area contributed by atoms with E-state index in [1.807, 2.05) is 32.5 Å². The molecule has 0 aromatic carbocycles. The predicted octanol–water partition coefficient (Wildman–Crippen LogP) is 2.25. The second-order valence-corrected chi connectivity index (χ2v) is 6.49. The third-order valence-electron chi connectivity index (χ3n) is 4.48. The third-order valence-corrected chi connectivity index (χ3v) is 4.95. The Labute approximate surface area is 136 Å². The number of hydrogen-bond acceptors (Lipinski definition) is 4. The van der Waals surface area contributed by atoms with E-state index in [9.17, 15) is 0 Å². The van der Waals surface area contributed by atoms with E-state index in [2.05, 4.69) is 20.1 Å². The van der Waals surface area contributed by atoms with Gasteiger partial charge in [-0.3, -0.25) is 9.58 Å². The molecule has 0 bridgehead atoms. The Morgan fingerprint density at radius 1 is 1.23 bits per heavy atom. The minimum absolute atomic E-state index is 0.482. The number of hydrogen-bond donors (Lipinski definition) is 0. The molecule has 1 atom stereocenters. The van der Waals surface area contributed by atoms with E-state index >= 15 is 0 Å². The monoisotopic (exact) mass is 322 g/mol. The van der Waals surface area contributed by atoms with E-state index in [0.717, 1.165) is 47.7 Å². The quantitative estimate of drug-likeness (QED) is 0.866. The molecule has 0 saturated carbocycles. The van der Waals surface area contributed by atoms with Crippen molar-refractivity contribution in [3.05, 3.63) is 28.1 Å². The van der Waals surface area contributed by atoms with Gasteiger partial charge < -0.3 is 0 Å². The van der Waals surface area contributed by atoms with Gasteiger partial charge in [-0.25, -0.2) is 9.67 Å². The predicted molar refractivity (Wildman–Crippen MR) is 85.9 cm³/mol. The van der Waals surface area contributed by atoms with Crippen molar-refractivity contribution in [1.29, 1.82) is 0 Å². The molecule has 1 saturated heterocycles. The first-order valence-electron chi connectivity index (χ1n) is 7.75. The number of halogens is 1. The van der Waals surface area contributed by atoms with Crippen LogP contribution in [0, 0.1) is 20.8 Å². The molecule has 0 amide bonds. The molecule has 3 heterocycles. The maximum atomic E-state index is 6.38. The Morgan fingerprint density at radius 2 is 2.00 bits per heavy atom. The first-order chi connectivity index (χ1) is 10.5. The standard InChI is InChI=1S/C15H23ClN6/c1-10-14(15(16)20(4)18-10)9-21-7-5-6-13(21)8-22-12(3)17-11(2)19-22/h13H,5-9H2,1-4H3/t13-/m1/s1. The van der Waals surface area contributed by atoms with Crippen molar-refractivity contribution < 1.29 is 0 Å². The molecule has 0 N–H and O–H groups in total. The Kier molecular flexibility index (Phi) is 4.23. The van der Waals surface area contributed by atoms with Crippen LogP contribution in [0.15, 0.2) is 0 Å². The van der Waals surface area contributed by atoms with Gasteiger partial charge in [-0.2, -0.15) is 10.2 Å². The minimum Gasteiger partial charge on any atom is -0.294 e. The molecule has 22 heavy (non-hydrogen) atoms. The van der Waals surface area contributed by atoms with Crippen LogP contribution in [-0.2, 0) is 20.1 Å². The highest BCUT2D eigenvalue weighted by molar-refractivity contribution is 6.30. The van der Waals surface area contributed by atoms with Gasteiger partial charge in [-0.15, -0.1) is 0 Å². The number of nitrogens with zero attached hydrogens (tertiary/aromatic N) is 6. The van der Waals surface area contributed by atoms with Crippen LogP contribution in [0.4, 0.5) is 0 Å². The fourth-order valence-electron chi connectivity index (χ4n) is 3.30. The summed E-state index contributed by atoms with van der Waals surface area (Å²) in [4.78, 5) is 6.89.